The molecule has 1 aromatic rings. The number of carbonyl (C=O) groups excluding carboxylic acids is 2. The molecule has 0 aromatic carbocycles. The Hall–Kier alpha value is -2.65. The summed E-state index contributed by atoms with van der Waals surface area (Å²) >= 11 is 0. The number of carbonyl (C=O) groups is 3. The maximum absolute atomic E-state index is 12.5. The van der Waals surface area contributed by atoms with Gasteiger partial charge in [0.1, 0.15) is 6.54 Å². The number of rotatable bonds is 38. The molecule has 0 radical (unpaired) electrons. The van der Waals surface area contributed by atoms with Gasteiger partial charge in [-0.3, -0.25) is 14.4 Å². The maximum Gasteiger partial charge on any atom is 0.305 e. The highest BCUT2D eigenvalue weighted by Crippen LogP contribution is 2.07. The van der Waals surface area contributed by atoms with Gasteiger partial charge in [-0.25, -0.2) is 4.68 Å². The summed E-state index contributed by atoms with van der Waals surface area (Å²) in [6.45, 7) is 15.7. The van der Waals surface area contributed by atoms with Crippen LogP contribution in [0.25, 0.3) is 0 Å². The van der Waals surface area contributed by atoms with Crippen molar-refractivity contribution in [2.24, 2.45) is 5.92 Å². The fourth-order valence-electron chi connectivity index (χ4n) is 4.25. The maximum atomic E-state index is 12.5. The van der Waals surface area contributed by atoms with Crippen LogP contribution >= 0.6 is 0 Å². The number of carboxylic acid groups (broad SMARTS) is 1. The lowest BCUT2D eigenvalue weighted by atomic mass is 9.97. The van der Waals surface area contributed by atoms with Gasteiger partial charge in [-0.1, -0.05) is 32.9 Å². The van der Waals surface area contributed by atoms with E-state index in [4.69, 9.17) is 47.7 Å². The first-order chi connectivity index (χ1) is 25.2. The van der Waals surface area contributed by atoms with Crippen LogP contribution in [0.3, 0.4) is 0 Å². The topological polar surface area (TPSA) is 209 Å². The number of nitrogens with zero attached hydrogens (tertiary/aromatic N) is 3. The predicted molar refractivity (Wildman–Crippen MR) is 188 cm³/mol. The average Bonchev–Trinajstić information content (AvgIpc) is 3.54. The molecule has 0 spiro atoms. The summed E-state index contributed by atoms with van der Waals surface area (Å²) in [6.07, 6.45) is 2.10. The molecule has 302 valence electrons. The Balaban J connectivity index is 1.82. The summed E-state index contributed by atoms with van der Waals surface area (Å²) in [7, 11) is 0. The highest BCUT2D eigenvalue weighted by molar-refractivity contribution is 5.86. The number of aliphatic carboxylic acids is 1. The van der Waals surface area contributed by atoms with E-state index in [1.807, 2.05) is 27.7 Å². The van der Waals surface area contributed by atoms with E-state index < -0.39 is 5.97 Å². The summed E-state index contributed by atoms with van der Waals surface area (Å²) < 4.78 is 50.1. The third kappa shape index (κ3) is 28.9. The molecule has 0 saturated carbocycles. The van der Waals surface area contributed by atoms with Crippen molar-refractivity contribution in [2.75, 3.05) is 125 Å². The van der Waals surface area contributed by atoms with Crippen LogP contribution in [0.2, 0.25) is 0 Å². The Kier molecular flexibility index (Phi) is 30.0. The molecule has 1 atom stereocenters. The van der Waals surface area contributed by atoms with Crippen LogP contribution in [0.4, 0.5) is 0 Å². The molecule has 1 amide bonds. The second-order valence-corrected chi connectivity index (χ2v) is 12.0. The lowest BCUT2D eigenvalue weighted by molar-refractivity contribution is -0.138. The van der Waals surface area contributed by atoms with Crippen molar-refractivity contribution in [3.05, 3.63) is 11.9 Å². The molecule has 1 heterocycles. The average molecular weight is 750 g/mol. The van der Waals surface area contributed by atoms with E-state index in [0.717, 1.165) is 0 Å². The summed E-state index contributed by atoms with van der Waals surface area (Å²) in [5, 5.41) is 22.7. The molecule has 0 aliphatic rings. The third-order valence-corrected chi connectivity index (χ3v) is 6.76. The van der Waals surface area contributed by atoms with Gasteiger partial charge in [0, 0.05) is 31.1 Å². The van der Waals surface area contributed by atoms with Crippen molar-refractivity contribution in [1.82, 2.24) is 25.6 Å². The third-order valence-electron chi connectivity index (χ3n) is 6.76. The second-order valence-electron chi connectivity index (χ2n) is 12.0. The number of hydrogen-bond donors (Lipinski definition) is 3. The molecule has 52 heavy (non-hydrogen) atoms. The van der Waals surface area contributed by atoms with Crippen molar-refractivity contribution in [1.29, 1.82) is 0 Å². The first-order valence-electron chi connectivity index (χ1n) is 18.1. The van der Waals surface area contributed by atoms with Crippen LogP contribution in [0.1, 0.15) is 39.8 Å². The summed E-state index contributed by atoms with van der Waals surface area (Å²) in [5.74, 6) is -1.06. The molecule has 3 N–H and O–H groups in total. The fraction of sp³-hybridized carbons (Fsp3) is 0.853. The molecule has 1 rings (SSSR count). The van der Waals surface area contributed by atoms with Crippen molar-refractivity contribution >= 4 is 17.7 Å². The van der Waals surface area contributed by atoms with Gasteiger partial charge in [-0.15, -0.1) is 5.10 Å². The quantitative estimate of drug-likeness (QED) is 0.0769. The van der Waals surface area contributed by atoms with Crippen LogP contribution in [0, 0.1) is 5.92 Å². The van der Waals surface area contributed by atoms with Gasteiger partial charge in [0.15, 0.2) is 5.78 Å². The second kappa shape index (κ2) is 33.0. The van der Waals surface area contributed by atoms with Crippen molar-refractivity contribution in [3.8, 4) is 0 Å². The van der Waals surface area contributed by atoms with Gasteiger partial charge in [-0.2, -0.15) is 0 Å². The van der Waals surface area contributed by atoms with Crippen molar-refractivity contribution in [2.45, 2.75) is 59.2 Å². The number of nitrogens with one attached hydrogen (secondary N) is 2. The Morgan fingerprint density at radius 3 is 1.44 bits per heavy atom. The number of ketones is 1. The first kappa shape index (κ1) is 47.4. The molecule has 0 bridgehead atoms. The fourth-order valence-corrected chi connectivity index (χ4v) is 4.25. The van der Waals surface area contributed by atoms with Gasteiger partial charge >= 0.3 is 5.97 Å². The van der Waals surface area contributed by atoms with Crippen LogP contribution in [-0.4, -0.2) is 175 Å². The molecular weight excluding hydrogens is 686 g/mol. The zero-order valence-electron chi connectivity index (χ0n) is 31.6. The van der Waals surface area contributed by atoms with Crippen molar-refractivity contribution in [3.63, 3.8) is 0 Å². The Labute approximate surface area is 307 Å². The monoisotopic (exact) mass is 749 g/mol. The Morgan fingerprint density at radius 1 is 0.654 bits per heavy atom. The van der Waals surface area contributed by atoms with Crippen LogP contribution < -0.4 is 10.6 Å². The van der Waals surface area contributed by atoms with Gasteiger partial charge in [0.05, 0.1) is 137 Å². The zero-order valence-corrected chi connectivity index (χ0v) is 31.6. The van der Waals surface area contributed by atoms with E-state index in [1.54, 1.807) is 6.20 Å². The largest absolute Gasteiger partial charge is 0.481 e. The molecule has 0 aliphatic heterocycles. The van der Waals surface area contributed by atoms with Crippen molar-refractivity contribution < 1.29 is 62.1 Å². The van der Waals surface area contributed by atoms with E-state index in [-0.39, 0.29) is 49.3 Å². The number of amides is 1. The molecule has 18 nitrogen and oxygen atoms in total. The van der Waals surface area contributed by atoms with Crippen LogP contribution in [-0.2, 0) is 70.0 Å². The highest BCUT2D eigenvalue weighted by Gasteiger charge is 2.23. The molecule has 0 unspecified atom stereocenters. The van der Waals surface area contributed by atoms with Crippen LogP contribution in [0.15, 0.2) is 6.20 Å². The predicted octanol–water partition coefficient (Wildman–Crippen LogP) is 0.153. The van der Waals surface area contributed by atoms with Gasteiger partial charge < -0.3 is 58.4 Å². The SMILES string of the molecule is CC(C)N[C@H](Cc1cn(CC(=O)NCCOCCOCCOCCOCCOCCOCCOCCOCCOCCC(=O)O)nn1)C(=O)C(C)C. The minimum atomic E-state index is -0.881. The molecule has 0 saturated heterocycles. The number of Topliss-reactive ketones (excluding diaryl/α,β-unsaturated/α-hetero) is 1. The Bertz CT molecular complexity index is 1030. The van der Waals surface area contributed by atoms with Gasteiger partial charge in [-0.05, 0) is 0 Å². The lowest BCUT2D eigenvalue weighted by Gasteiger charge is -2.20. The minimum Gasteiger partial charge on any atom is -0.481 e. The number of carboxylic acids is 1. The number of hydrogen-bond acceptors (Lipinski definition) is 15. The van der Waals surface area contributed by atoms with E-state index >= 15 is 0 Å². The first-order valence-corrected chi connectivity index (χ1v) is 18.1. The standard InChI is InChI=1S/C34H63N5O13/c1-28(2)34(43)31(36-29(3)4)25-30-26-39(38-37-30)27-32(40)35-6-8-45-10-12-47-14-16-49-18-20-51-22-24-52-23-21-50-19-17-48-15-13-46-11-9-44-7-5-33(41)42/h26,28-29,31,36H,5-25,27H2,1-4H3,(H,35,40)(H,41,42)/t31-/m1/s1. The van der Waals surface area contributed by atoms with Gasteiger partial charge in [0.2, 0.25) is 5.91 Å². The van der Waals surface area contributed by atoms with E-state index in [9.17, 15) is 14.4 Å². The minimum absolute atomic E-state index is 0.0105. The number of aromatic nitrogens is 3. The molecule has 0 aliphatic carbocycles. The van der Waals surface area contributed by atoms with E-state index in [2.05, 4.69) is 20.9 Å². The smallest absolute Gasteiger partial charge is 0.305 e. The highest BCUT2D eigenvalue weighted by atomic mass is 16.6. The van der Waals surface area contributed by atoms with E-state index in [0.29, 0.717) is 131 Å². The summed E-state index contributed by atoms with van der Waals surface area (Å²) in [6, 6.07) is -0.193. The number of ether oxygens (including phenoxy) is 9. The summed E-state index contributed by atoms with van der Waals surface area (Å²) in [4.78, 5) is 35.1. The molecular formula is C34H63N5O13. The van der Waals surface area contributed by atoms with E-state index in [1.165, 1.54) is 4.68 Å². The summed E-state index contributed by atoms with van der Waals surface area (Å²) in [5.41, 5.74) is 0.652. The van der Waals surface area contributed by atoms with Crippen LogP contribution in [0.5, 0.6) is 0 Å². The normalized spacial score (nSPS) is 12.2. The molecule has 18 heteroatoms. The molecule has 0 fully saturated rings. The lowest BCUT2D eigenvalue weighted by Crippen LogP contribution is -2.44. The Morgan fingerprint density at radius 2 is 1.06 bits per heavy atom. The zero-order chi connectivity index (χ0) is 38.1. The van der Waals surface area contributed by atoms with Gasteiger partial charge in [0.25, 0.3) is 0 Å². The molecule has 1 aromatic heterocycles.